The summed E-state index contributed by atoms with van der Waals surface area (Å²) in [6.07, 6.45) is 1.48. The van der Waals surface area contributed by atoms with Crippen LogP contribution in [0.1, 0.15) is 19.8 Å². The van der Waals surface area contributed by atoms with Crippen LogP contribution >= 0.6 is 0 Å². The number of carbonyl (C=O) groups excluding carboxylic acids is 2. The van der Waals surface area contributed by atoms with E-state index >= 15 is 0 Å². The van der Waals surface area contributed by atoms with Gasteiger partial charge in [-0.2, -0.15) is 10.2 Å². The van der Waals surface area contributed by atoms with Gasteiger partial charge in [0.1, 0.15) is 6.04 Å². The van der Waals surface area contributed by atoms with E-state index in [2.05, 4.69) is 22.1 Å². The molecule has 3 rings (SSSR count). The van der Waals surface area contributed by atoms with Gasteiger partial charge in [-0.3, -0.25) is 9.59 Å². The highest BCUT2D eigenvalue weighted by atomic mass is 16.2. The average molecular weight is 362 g/mol. The molecule has 0 radical (unpaired) electrons. The lowest BCUT2D eigenvalue weighted by Crippen LogP contribution is -2.43. The number of benzene rings is 2. The van der Waals surface area contributed by atoms with Crippen molar-refractivity contribution in [2.45, 2.75) is 25.8 Å². The van der Waals surface area contributed by atoms with Crippen LogP contribution in [0.5, 0.6) is 0 Å². The van der Waals surface area contributed by atoms with Crippen molar-refractivity contribution in [1.29, 1.82) is 0 Å². The van der Waals surface area contributed by atoms with Crippen molar-refractivity contribution in [3.63, 3.8) is 0 Å². The van der Waals surface area contributed by atoms with E-state index in [1.54, 1.807) is 36.1 Å². The second-order valence-electron chi connectivity index (χ2n) is 6.51. The van der Waals surface area contributed by atoms with Crippen LogP contribution in [0, 0.1) is 0 Å². The predicted octanol–water partition coefficient (Wildman–Crippen LogP) is 4.61. The number of carbonyl (C=O) groups is 2. The molecule has 2 aromatic rings. The van der Waals surface area contributed by atoms with Gasteiger partial charge in [-0.1, -0.05) is 24.8 Å². The highest BCUT2D eigenvalue weighted by Gasteiger charge is 2.34. The number of hydrogen-bond donors (Lipinski definition) is 1. The molecule has 6 heteroatoms. The van der Waals surface area contributed by atoms with Gasteiger partial charge in [-0.15, -0.1) is 0 Å². The molecule has 27 heavy (non-hydrogen) atoms. The number of nitrogens with zero attached hydrogens (tertiary/aromatic N) is 3. The van der Waals surface area contributed by atoms with Crippen LogP contribution in [0.15, 0.2) is 77.0 Å². The highest BCUT2D eigenvalue weighted by molar-refractivity contribution is 6.00. The molecule has 0 bridgehead atoms. The standard InChI is InChI=1S/C21H22N4O2/c1-15(2)21(27)25-14-6-9-19(25)20(26)22-16-10-12-18(13-11-16)24-23-17-7-4-3-5-8-17/h3-5,7-8,10-13,19H,1,6,9,14H2,2H3,(H,22,26). The van der Waals surface area contributed by atoms with Crippen molar-refractivity contribution in [1.82, 2.24) is 4.90 Å². The summed E-state index contributed by atoms with van der Waals surface area (Å²) in [5.41, 5.74) is 2.58. The number of hydrogen-bond acceptors (Lipinski definition) is 4. The van der Waals surface area contributed by atoms with Gasteiger partial charge in [0.25, 0.3) is 0 Å². The molecule has 1 atom stereocenters. The number of anilines is 1. The number of nitrogens with one attached hydrogen (secondary N) is 1. The Morgan fingerprint density at radius 2 is 1.67 bits per heavy atom. The van der Waals surface area contributed by atoms with E-state index in [1.165, 1.54) is 0 Å². The minimum absolute atomic E-state index is 0.163. The molecule has 138 valence electrons. The second-order valence-corrected chi connectivity index (χ2v) is 6.51. The zero-order valence-corrected chi connectivity index (χ0v) is 15.3. The molecule has 2 aromatic carbocycles. The first-order valence-corrected chi connectivity index (χ1v) is 8.89. The quantitative estimate of drug-likeness (QED) is 0.623. The Morgan fingerprint density at radius 1 is 1.04 bits per heavy atom. The van der Waals surface area contributed by atoms with Gasteiger partial charge in [0.15, 0.2) is 0 Å². The van der Waals surface area contributed by atoms with Crippen molar-refractivity contribution in [3.05, 3.63) is 66.7 Å². The maximum atomic E-state index is 12.6. The molecule has 0 aromatic heterocycles. The average Bonchev–Trinajstić information content (AvgIpc) is 3.17. The van der Waals surface area contributed by atoms with E-state index in [-0.39, 0.29) is 11.8 Å². The van der Waals surface area contributed by atoms with Crippen LogP contribution in [0.25, 0.3) is 0 Å². The van der Waals surface area contributed by atoms with Crippen LogP contribution in [-0.4, -0.2) is 29.3 Å². The third-order valence-corrected chi connectivity index (χ3v) is 4.35. The fourth-order valence-electron chi connectivity index (χ4n) is 2.97. The summed E-state index contributed by atoms with van der Waals surface area (Å²) in [4.78, 5) is 26.3. The molecule has 2 amide bonds. The summed E-state index contributed by atoms with van der Waals surface area (Å²) in [6, 6.07) is 16.1. The first kappa shape index (κ1) is 18.5. The molecule has 0 aliphatic carbocycles. The molecular formula is C21H22N4O2. The van der Waals surface area contributed by atoms with Gasteiger partial charge in [0.2, 0.25) is 11.8 Å². The van der Waals surface area contributed by atoms with E-state index in [0.717, 1.165) is 12.1 Å². The first-order chi connectivity index (χ1) is 13.0. The predicted molar refractivity (Wildman–Crippen MR) is 105 cm³/mol. The summed E-state index contributed by atoms with van der Waals surface area (Å²) in [5, 5.41) is 11.2. The summed E-state index contributed by atoms with van der Waals surface area (Å²) in [7, 11) is 0. The van der Waals surface area contributed by atoms with Crippen LogP contribution in [0.3, 0.4) is 0 Å². The summed E-state index contributed by atoms with van der Waals surface area (Å²) in [5.74, 6) is -0.343. The maximum Gasteiger partial charge on any atom is 0.249 e. The fourth-order valence-corrected chi connectivity index (χ4v) is 2.97. The molecule has 6 nitrogen and oxygen atoms in total. The highest BCUT2D eigenvalue weighted by Crippen LogP contribution is 2.23. The maximum absolute atomic E-state index is 12.6. The first-order valence-electron chi connectivity index (χ1n) is 8.89. The largest absolute Gasteiger partial charge is 0.327 e. The molecule has 1 heterocycles. The van der Waals surface area contributed by atoms with Gasteiger partial charge in [0, 0.05) is 17.8 Å². The zero-order chi connectivity index (χ0) is 19.2. The molecule has 1 unspecified atom stereocenters. The van der Waals surface area contributed by atoms with Crippen molar-refractivity contribution >= 4 is 28.9 Å². The SMILES string of the molecule is C=C(C)C(=O)N1CCCC1C(=O)Nc1ccc(N=Nc2ccccc2)cc1. The minimum Gasteiger partial charge on any atom is -0.327 e. The van der Waals surface area contributed by atoms with Crippen molar-refractivity contribution < 1.29 is 9.59 Å². The van der Waals surface area contributed by atoms with Crippen LogP contribution in [0.2, 0.25) is 0 Å². The molecular weight excluding hydrogens is 340 g/mol. The van der Waals surface area contributed by atoms with Gasteiger partial charge < -0.3 is 10.2 Å². The molecule has 0 saturated carbocycles. The van der Waals surface area contributed by atoms with Gasteiger partial charge in [-0.25, -0.2) is 0 Å². The topological polar surface area (TPSA) is 74.1 Å². The number of likely N-dealkylation sites (tertiary alicyclic amines) is 1. The van der Waals surface area contributed by atoms with Gasteiger partial charge >= 0.3 is 0 Å². The molecule has 1 aliphatic rings. The fraction of sp³-hybridized carbons (Fsp3) is 0.238. The van der Waals surface area contributed by atoms with Crippen LogP contribution < -0.4 is 5.32 Å². The lowest BCUT2D eigenvalue weighted by atomic mass is 10.2. The number of amides is 2. The van der Waals surface area contributed by atoms with E-state index in [0.29, 0.717) is 29.9 Å². The number of rotatable bonds is 5. The lowest BCUT2D eigenvalue weighted by Gasteiger charge is -2.24. The van der Waals surface area contributed by atoms with Crippen LogP contribution in [-0.2, 0) is 9.59 Å². The smallest absolute Gasteiger partial charge is 0.249 e. The van der Waals surface area contributed by atoms with Gasteiger partial charge in [0.05, 0.1) is 11.4 Å². The van der Waals surface area contributed by atoms with Gasteiger partial charge in [-0.05, 0) is 56.2 Å². The third-order valence-electron chi connectivity index (χ3n) is 4.35. The Labute approximate surface area is 158 Å². The number of azo groups is 1. The summed E-state index contributed by atoms with van der Waals surface area (Å²) < 4.78 is 0. The van der Waals surface area contributed by atoms with Crippen molar-refractivity contribution in [3.8, 4) is 0 Å². The zero-order valence-electron chi connectivity index (χ0n) is 15.3. The lowest BCUT2D eigenvalue weighted by molar-refractivity contribution is -0.133. The molecule has 1 fully saturated rings. The Balaban J connectivity index is 1.62. The van der Waals surface area contributed by atoms with Crippen molar-refractivity contribution in [2.75, 3.05) is 11.9 Å². The van der Waals surface area contributed by atoms with E-state index in [1.807, 2.05) is 30.3 Å². The molecule has 0 spiro atoms. The Kier molecular flexibility index (Phi) is 5.76. The molecule has 1 saturated heterocycles. The third kappa shape index (κ3) is 4.67. The Bertz CT molecular complexity index is 860. The van der Waals surface area contributed by atoms with Crippen molar-refractivity contribution in [2.24, 2.45) is 10.2 Å². The molecule has 1 aliphatic heterocycles. The Hall–Kier alpha value is -3.28. The van der Waals surface area contributed by atoms with E-state index < -0.39 is 6.04 Å². The monoisotopic (exact) mass is 362 g/mol. The Morgan fingerprint density at radius 3 is 2.30 bits per heavy atom. The van der Waals surface area contributed by atoms with Crippen LogP contribution in [0.4, 0.5) is 17.1 Å². The summed E-state index contributed by atoms with van der Waals surface area (Å²) >= 11 is 0. The summed E-state index contributed by atoms with van der Waals surface area (Å²) in [6.45, 7) is 5.94. The van der Waals surface area contributed by atoms with E-state index in [4.69, 9.17) is 0 Å². The van der Waals surface area contributed by atoms with E-state index in [9.17, 15) is 9.59 Å². The normalized spacial score (nSPS) is 16.5. The molecule has 1 N–H and O–H groups in total. The second kappa shape index (κ2) is 8.40. The minimum atomic E-state index is -0.452.